The first kappa shape index (κ1) is 28.3. The molecule has 0 aliphatic carbocycles. The number of hydrogen-bond donors (Lipinski definition) is 1. The van der Waals surface area contributed by atoms with Gasteiger partial charge in [-0.25, -0.2) is 0 Å². The monoisotopic (exact) mass is 566 g/mol. The molecule has 0 unspecified atom stereocenters. The largest absolute Gasteiger partial charge is 0.497 e. The van der Waals surface area contributed by atoms with Crippen molar-refractivity contribution in [2.75, 3.05) is 20.3 Å². The predicted molar refractivity (Wildman–Crippen MR) is 150 cm³/mol. The maximum Gasteiger partial charge on any atom is 0.243 e. The lowest BCUT2D eigenvalue weighted by atomic mass is 10.0. The fourth-order valence-electron chi connectivity index (χ4n) is 3.94. The zero-order chi connectivity index (χ0) is 26.5. The van der Waals surface area contributed by atoms with Crippen LogP contribution in [0, 0.1) is 0 Å². The number of amides is 2. The fourth-order valence-corrected chi connectivity index (χ4v) is 4.20. The van der Waals surface area contributed by atoms with Crippen LogP contribution in [0.15, 0.2) is 83.3 Å². The number of carbonyl (C=O) groups is 2. The van der Waals surface area contributed by atoms with Crippen molar-refractivity contribution in [3.8, 4) is 11.5 Å². The van der Waals surface area contributed by atoms with Gasteiger partial charge in [-0.3, -0.25) is 9.59 Å². The Morgan fingerprint density at radius 3 is 2.24 bits per heavy atom. The van der Waals surface area contributed by atoms with Gasteiger partial charge < -0.3 is 19.7 Å². The van der Waals surface area contributed by atoms with Crippen molar-refractivity contribution < 1.29 is 19.1 Å². The number of methoxy groups -OCH3 is 1. The quantitative estimate of drug-likeness (QED) is 0.251. The van der Waals surface area contributed by atoms with Gasteiger partial charge in [-0.2, -0.15) is 0 Å². The second kappa shape index (κ2) is 15.1. The Balaban J connectivity index is 1.74. The van der Waals surface area contributed by atoms with Gasteiger partial charge in [-0.05, 0) is 60.4 Å². The molecule has 0 saturated heterocycles. The van der Waals surface area contributed by atoms with E-state index in [2.05, 4.69) is 21.2 Å². The summed E-state index contributed by atoms with van der Waals surface area (Å²) in [7, 11) is 1.62. The highest BCUT2D eigenvalue weighted by Crippen LogP contribution is 2.20. The zero-order valence-electron chi connectivity index (χ0n) is 21.5. The first-order chi connectivity index (χ1) is 18.0. The number of hydrogen-bond acceptors (Lipinski definition) is 4. The topological polar surface area (TPSA) is 67.9 Å². The number of rotatable bonds is 14. The van der Waals surface area contributed by atoms with Crippen LogP contribution in [-0.2, 0) is 22.6 Å². The van der Waals surface area contributed by atoms with Crippen molar-refractivity contribution in [1.82, 2.24) is 10.2 Å². The van der Waals surface area contributed by atoms with Crippen LogP contribution in [0.3, 0.4) is 0 Å². The van der Waals surface area contributed by atoms with Crippen molar-refractivity contribution in [1.29, 1.82) is 0 Å². The van der Waals surface area contributed by atoms with Gasteiger partial charge >= 0.3 is 0 Å². The van der Waals surface area contributed by atoms with Gasteiger partial charge in [0.15, 0.2) is 0 Å². The summed E-state index contributed by atoms with van der Waals surface area (Å²) in [4.78, 5) is 28.6. The van der Waals surface area contributed by atoms with Crippen molar-refractivity contribution >= 4 is 27.7 Å². The van der Waals surface area contributed by atoms with Gasteiger partial charge in [0, 0.05) is 30.4 Å². The molecular weight excluding hydrogens is 532 g/mol. The molecule has 0 saturated carbocycles. The number of nitrogens with zero attached hydrogens (tertiary/aromatic N) is 1. The van der Waals surface area contributed by atoms with E-state index in [1.165, 1.54) is 0 Å². The molecule has 3 aromatic rings. The number of ether oxygens (including phenoxy) is 2. The number of nitrogens with one attached hydrogen (secondary N) is 1. The molecule has 0 spiro atoms. The molecule has 0 aliphatic heterocycles. The van der Waals surface area contributed by atoms with Crippen molar-refractivity contribution in [2.45, 2.75) is 45.2 Å². The summed E-state index contributed by atoms with van der Waals surface area (Å²) in [6.07, 6.45) is 2.09. The zero-order valence-corrected chi connectivity index (χ0v) is 23.1. The Labute approximate surface area is 228 Å². The van der Waals surface area contributed by atoms with Crippen LogP contribution in [0.1, 0.15) is 37.3 Å². The number of halogens is 1. The molecule has 7 heteroatoms. The van der Waals surface area contributed by atoms with Crippen LogP contribution >= 0.6 is 15.9 Å². The van der Waals surface area contributed by atoms with Crippen LogP contribution in [0.25, 0.3) is 0 Å². The molecule has 3 aromatic carbocycles. The lowest BCUT2D eigenvalue weighted by Gasteiger charge is -2.31. The van der Waals surface area contributed by atoms with Crippen molar-refractivity contribution in [3.63, 3.8) is 0 Å². The molecular formula is C30H35BrN2O4. The molecule has 2 amide bonds. The Morgan fingerprint density at radius 1 is 0.919 bits per heavy atom. The van der Waals surface area contributed by atoms with Crippen LogP contribution in [0.5, 0.6) is 11.5 Å². The van der Waals surface area contributed by atoms with E-state index in [0.717, 1.165) is 33.5 Å². The van der Waals surface area contributed by atoms with E-state index < -0.39 is 6.04 Å². The van der Waals surface area contributed by atoms with E-state index in [9.17, 15) is 9.59 Å². The molecule has 0 bridgehead atoms. The van der Waals surface area contributed by atoms with Gasteiger partial charge in [0.2, 0.25) is 11.8 Å². The third kappa shape index (κ3) is 9.25. The SMILES string of the molecule is CCCNC(=O)[C@H](Cc1ccccc1)N(Cc1ccc(Br)cc1)C(=O)CCCOc1ccc(OC)cc1. The number of benzene rings is 3. The highest BCUT2D eigenvalue weighted by molar-refractivity contribution is 9.10. The maximum absolute atomic E-state index is 13.6. The number of carbonyl (C=O) groups excluding carboxylic acids is 2. The molecule has 37 heavy (non-hydrogen) atoms. The van der Waals surface area contributed by atoms with Crippen LogP contribution < -0.4 is 14.8 Å². The minimum absolute atomic E-state index is 0.0752. The summed E-state index contributed by atoms with van der Waals surface area (Å²) >= 11 is 3.47. The standard InChI is InChI=1S/C30H35BrN2O4/c1-3-19-32-30(35)28(21-23-8-5-4-6-9-23)33(22-24-11-13-25(31)14-12-24)29(34)10-7-20-37-27-17-15-26(36-2)16-18-27/h4-6,8-9,11-18,28H,3,7,10,19-22H2,1-2H3,(H,32,35)/t28-/m0/s1. The second-order valence-electron chi connectivity index (χ2n) is 8.77. The van der Waals surface area contributed by atoms with Gasteiger partial charge in [0.05, 0.1) is 13.7 Å². The van der Waals surface area contributed by atoms with E-state index in [1.54, 1.807) is 12.0 Å². The summed E-state index contributed by atoms with van der Waals surface area (Å²) in [6, 6.07) is 24.4. The third-order valence-corrected chi connectivity index (χ3v) is 6.48. The Hall–Kier alpha value is -3.32. The minimum atomic E-state index is -0.618. The summed E-state index contributed by atoms with van der Waals surface area (Å²) in [5.41, 5.74) is 1.97. The van der Waals surface area contributed by atoms with E-state index in [1.807, 2.05) is 85.8 Å². The van der Waals surface area contributed by atoms with E-state index in [0.29, 0.717) is 32.5 Å². The van der Waals surface area contributed by atoms with Crippen molar-refractivity contribution in [3.05, 3.63) is 94.5 Å². The van der Waals surface area contributed by atoms with Gasteiger partial charge in [-0.15, -0.1) is 0 Å². The van der Waals surface area contributed by atoms with Crippen LogP contribution in [0.4, 0.5) is 0 Å². The average molecular weight is 568 g/mol. The fraction of sp³-hybridized carbons (Fsp3) is 0.333. The molecule has 0 aliphatic rings. The summed E-state index contributed by atoms with van der Waals surface area (Å²) in [5, 5.41) is 3.01. The average Bonchev–Trinajstić information content (AvgIpc) is 2.93. The third-order valence-electron chi connectivity index (χ3n) is 5.95. The molecule has 0 fully saturated rings. The molecule has 3 rings (SSSR count). The molecule has 1 N–H and O–H groups in total. The summed E-state index contributed by atoms with van der Waals surface area (Å²) < 4.78 is 12.0. The maximum atomic E-state index is 13.6. The smallest absolute Gasteiger partial charge is 0.243 e. The van der Waals surface area contributed by atoms with Crippen LogP contribution in [0.2, 0.25) is 0 Å². The van der Waals surface area contributed by atoms with E-state index >= 15 is 0 Å². The van der Waals surface area contributed by atoms with E-state index in [4.69, 9.17) is 9.47 Å². The molecule has 0 heterocycles. The summed E-state index contributed by atoms with van der Waals surface area (Å²) in [6.45, 7) is 3.33. The van der Waals surface area contributed by atoms with Gasteiger partial charge in [0.1, 0.15) is 17.5 Å². The Bertz CT molecular complexity index is 1100. The molecule has 0 aromatic heterocycles. The molecule has 196 valence electrons. The molecule has 6 nitrogen and oxygen atoms in total. The van der Waals surface area contributed by atoms with Gasteiger partial charge in [0.25, 0.3) is 0 Å². The highest BCUT2D eigenvalue weighted by atomic mass is 79.9. The minimum Gasteiger partial charge on any atom is -0.497 e. The summed E-state index contributed by atoms with van der Waals surface area (Å²) in [5.74, 6) is 1.28. The van der Waals surface area contributed by atoms with E-state index in [-0.39, 0.29) is 18.2 Å². The highest BCUT2D eigenvalue weighted by Gasteiger charge is 2.30. The molecule has 0 radical (unpaired) electrons. The first-order valence-electron chi connectivity index (χ1n) is 12.6. The normalized spacial score (nSPS) is 11.4. The Morgan fingerprint density at radius 2 is 1.59 bits per heavy atom. The molecule has 1 atom stereocenters. The lowest BCUT2D eigenvalue weighted by Crippen LogP contribution is -2.50. The second-order valence-corrected chi connectivity index (χ2v) is 9.69. The predicted octanol–water partition coefficient (Wildman–Crippen LogP) is 5.78. The Kier molecular flexibility index (Phi) is 11.5. The van der Waals surface area contributed by atoms with Crippen LogP contribution in [-0.4, -0.2) is 43.0 Å². The van der Waals surface area contributed by atoms with Crippen molar-refractivity contribution in [2.24, 2.45) is 0 Å². The first-order valence-corrected chi connectivity index (χ1v) is 13.4. The lowest BCUT2D eigenvalue weighted by molar-refractivity contribution is -0.141. The van der Waals surface area contributed by atoms with Gasteiger partial charge in [-0.1, -0.05) is 65.3 Å².